The molecule has 4 aromatic rings. The highest BCUT2D eigenvalue weighted by Crippen LogP contribution is 2.22. The first-order valence-electron chi connectivity index (χ1n) is 8.54. The average Bonchev–Trinajstić information content (AvgIpc) is 3.44. The quantitative estimate of drug-likeness (QED) is 0.318. The number of esters is 1. The number of ether oxygens (including phenoxy) is 1. The lowest BCUT2D eigenvalue weighted by molar-refractivity contribution is 0.0436. The van der Waals surface area contributed by atoms with Crippen molar-refractivity contribution >= 4 is 34.7 Å². The largest absolute Gasteiger partial charge is 0.452 e. The average molecular weight is 425 g/mol. The molecule has 0 saturated carbocycles. The Balaban J connectivity index is 1.47. The Morgan fingerprint density at radius 3 is 2.45 bits per heavy atom. The van der Waals surface area contributed by atoms with E-state index in [1.54, 1.807) is 60.7 Å². The number of ketones is 1. The second-order valence-corrected chi connectivity index (χ2v) is 7.32. The van der Waals surface area contributed by atoms with Crippen molar-refractivity contribution in [1.82, 2.24) is 10.2 Å². The van der Waals surface area contributed by atoms with E-state index in [4.69, 9.17) is 20.8 Å². The summed E-state index contributed by atoms with van der Waals surface area (Å²) >= 11 is 7.18. The zero-order valence-electron chi connectivity index (χ0n) is 14.9. The summed E-state index contributed by atoms with van der Waals surface area (Å²) in [4.78, 5) is 25.7. The van der Waals surface area contributed by atoms with Gasteiger partial charge < -0.3 is 9.15 Å². The van der Waals surface area contributed by atoms with E-state index < -0.39 is 5.97 Å². The van der Waals surface area contributed by atoms with Gasteiger partial charge in [0.25, 0.3) is 5.89 Å². The molecule has 29 heavy (non-hydrogen) atoms. The highest BCUT2D eigenvalue weighted by atomic mass is 35.5. The lowest BCUT2D eigenvalue weighted by Gasteiger charge is -2.07. The van der Waals surface area contributed by atoms with E-state index in [2.05, 4.69) is 10.2 Å². The van der Waals surface area contributed by atoms with Gasteiger partial charge in [0.1, 0.15) is 0 Å². The van der Waals surface area contributed by atoms with Crippen molar-refractivity contribution in [3.63, 3.8) is 0 Å². The first-order chi connectivity index (χ1) is 14.1. The van der Waals surface area contributed by atoms with Crippen molar-refractivity contribution in [3.05, 3.63) is 93.0 Å². The monoisotopic (exact) mass is 424 g/mol. The van der Waals surface area contributed by atoms with Gasteiger partial charge in [0.05, 0.1) is 10.4 Å². The Morgan fingerprint density at radius 1 is 0.966 bits per heavy atom. The number of hydrogen-bond acceptors (Lipinski definition) is 7. The molecular formula is C21H13ClN2O4S. The van der Waals surface area contributed by atoms with E-state index in [1.807, 2.05) is 5.38 Å². The van der Waals surface area contributed by atoms with Gasteiger partial charge in [0.2, 0.25) is 11.7 Å². The second-order valence-electron chi connectivity index (χ2n) is 5.94. The molecule has 0 atom stereocenters. The van der Waals surface area contributed by atoms with E-state index >= 15 is 0 Å². The molecule has 0 fully saturated rings. The van der Waals surface area contributed by atoms with Crippen molar-refractivity contribution in [2.75, 3.05) is 0 Å². The first kappa shape index (κ1) is 19.0. The van der Waals surface area contributed by atoms with Crippen LogP contribution in [0.3, 0.4) is 0 Å². The van der Waals surface area contributed by atoms with Gasteiger partial charge in [-0.25, -0.2) is 4.79 Å². The number of aromatic nitrogens is 2. The van der Waals surface area contributed by atoms with Gasteiger partial charge in [-0.2, -0.15) is 0 Å². The predicted molar refractivity (Wildman–Crippen MR) is 108 cm³/mol. The minimum Gasteiger partial charge on any atom is -0.452 e. The van der Waals surface area contributed by atoms with E-state index in [0.717, 1.165) is 0 Å². The number of nitrogens with zero attached hydrogens (tertiary/aromatic N) is 2. The number of carbonyl (C=O) groups is 2. The fourth-order valence-corrected chi connectivity index (χ4v) is 3.43. The molecule has 0 aliphatic heterocycles. The van der Waals surface area contributed by atoms with Crippen molar-refractivity contribution in [1.29, 1.82) is 0 Å². The zero-order chi connectivity index (χ0) is 20.2. The molecule has 0 amide bonds. The highest BCUT2D eigenvalue weighted by Gasteiger charge is 2.20. The SMILES string of the molecule is O=C(OCc1nnc(-c2ccc(Cl)cc2)o1)c1ccccc1C(=O)c1cccs1. The summed E-state index contributed by atoms with van der Waals surface area (Å²) in [5.41, 5.74) is 1.17. The van der Waals surface area contributed by atoms with Crippen LogP contribution in [0.15, 0.2) is 70.5 Å². The number of rotatable bonds is 6. The van der Waals surface area contributed by atoms with E-state index in [-0.39, 0.29) is 29.4 Å². The summed E-state index contributed by atoms with van der Waals surface area (Å²) < 4.78 is 10.8. The van der Waals surface area contributed by atoms with E-state index in [1.165, 1.54) is 11.3 Å². The molecule has 4 rings (SSSR count). The summed E-state index contributed by atoms with van der Waals surface area (Å²) in [5, 5.41) is 10.2. The molecule has 0 unspecified atom stereocenters. The maximum absolute atomic E-state index is 12.6. The van der Waals surface area contributed by atoms with Crippen molar-refractivity contribution in [2.45, 2.75) is 6.61 Å². The van der Waals surface area contributed by atoms with Crippen LogP contribution >= 0.6 is 22.9 Å². The fourth-order valence-electron chi connectivity index (χ4n) is 2.63. The second kappa shape index (κ2) is 8.38. The van der Waals surface area contributed by atoms with Gasteiger partial charge >= 0.3 is 5.97 Å². The summed E-state index contributed by atoms with van der Waals surface area (Å²) in [7, 11) is 0. The van der Waals surface area contributed by atoms with E-state index in [0.29, 0.717) is 21.4 Å². The van der Waals surface area contributed by atoms with Gasteiger partial charge in [-0.1, -0.05) is 35.9 Å². The first-order valence-corrected chi connectivity index (χ1v) is 9.80. The Labute approximate surface area is 174 Å². The molecule has 0 spiro atoms. The predicted octanol–water partition coefficient (Wildman–Crippen LogP) is 5.04. The molecule has 144 valence electrons. The third-order valence-electron chi connectivity index (χ3n) is 4.02. The van der Waals surface area contributed by atoms with Crippen molar-refractivity contribution in [2.24, 2.45) is 0 Å². The number of halogens is 1. The van der Waals surface area contributed by atoms with Crippen molar-refractivity contribution in [3.8, 4) is 11.5 Å². The van der Waals surface area contributed by atoms with Gasteiger partial charge in [0, 0.05) is 16.1 Å². The fraction of sp³-hybridized carbons (Fsp3) is 0.0476. The third kappa shape index (κ3) is 4.26. The van der Waals surface area contributed by atoms with Gasteiger partial charge in [0.15, 0.2) is 6.61 Å². The van der Waals surface area contributed by atoms with Crippen LogP contribution in [0.4, 0.5) is 0 Å². The van der Waals surface area contributed by atoms with Crippen LogP contribution in [-0.4, -0.2) is 21.9 Å². The Hall–Kier alpha value is -3.29. The van der Waals surface area contributed by atoms with Gasteiger partial charge in [-0.15, -0.1) is 21.5 Å². The summed E-state index contributed by atoms with van der Waals surface area (Å²) in [6.07, 6.45) is 0. The highest BCUT2D eigenvalue weighted by molar-refractivity contribution is 7.12. The zero-order valence-corrected chi connectivity index (χ0v) is 16.4. The molecule has 0 radical (unpaired) electrons. The number of thiophene rings is 1. The molecule has 2 heterocycles. The molecule has 0 bridgehead atoms. The van der Waals surface area contributed by atoms with Crippen LogP contribution in [-0.2, 0) is 11.3 Å². The van der Waals surface area contributed by atoms with Crippen LogP contribution in [0, 0.1) is 0 Å². The van der Waals surface area contributed by atoms with Crippen molar-refractivity contribution < 1.29 is 18.7 Å². The van der Waals surface area contributed by atoms with Crippen LogP contribution < -0.4 is 0 Å². The number of benzene rings is 2. The lowest BCUT2D eigenvalue weighted by atomic mass is 10.0. The molecule has 8 heteroatoms. The van der Waals surface area contributed by atoms with E-state index in [9.17, 15) is 9.59 Å². The van der Waals surface area contributed by atoms with Crippen LogP contribution in [0.2, 0.25) is 5.02 Å². The van der Waals surface area contributed by atoms with Gasteiger partial charge in [-0.05, 0) is 41.8 Å². The molecule has 0 N–H and O–H groups in total. The maximum Gasteiger partial charge on any atom is 0.339 e. The normalized spacial score (nSPS) is 10.7. The molecule has 6 nitrogen and oxygen atoms in total. The van der Waals surface area contributed by atoms with Crippen LogP contribution in [0.1, 0.15) is 31.5 Å². The number of hydrogen-bond donors (Lipinski definition) is 0. The topological polar surface area (TPSA) is 82.3 Å². The van der Waals surface area contributed by atoms with Crippen LogP contribution in [0.25, 0.3) is 11.5 Å². The summed E-state index contributed by atoms with van der Waals surface area (Å²) in [6.45, 7) is -0.207. The van der Waals surface area contributed by atoms with Crippen LogP contribution in [0.5, 0.6) is 0 Å². The summed E-state index contributed by atoms with van der Waals surface area (Å²) in [6, 6.07) is 16.9. The molecule has 0 aliphatic carbocycles. The lowest BCUT2D eigenvalue weighted by Crippen LogP contribution is -2.12. The Morgan fingerprint density at radius 2 is 1.72 bits per heavy atom. The molecule has 0 saturated heterocycles. The Kier molecular flexibility index (Phi) is 5.50. The summed E-state index contributed by atoms with van der Waals surface area (Å²) in [5.74, 6) is -0.432. The minimum atomic E-state index is -0.642. The molecule has 2 aromatic carbocycles. The maximum atomic E-state index is 12.6. The molecular weight excluding hydrogens is 412 g/mol. The standard InChI is InChI=1S/C21H13ClN2O4S/c22-14-9-7-13(8-10-14)20-24-23-18(28-20)12-27-21(26)16-5-2-1-4-15(16)19(25)17-6-3-11-29-17/h1-11H,12H2. The third-order valence-corrected chi connectivity index (χ3v) is 5.14. The smallest absolute Gasteiger partial charge is 0.339 e. The van der Waals surface area contributed by atoms with Gasteiger partial charge in [-0.3, -0.25) is 4.79 Å². The molecule has 2 aromatic heterocycles. The minimum absolute atomic E-state index is 0.144. The Bertz CT molecular complexity index is 1150. The number of carbonyl (C=O) groups excluding carboxylic acids is 2. The molecule has 0 aliphatic rings.